The van der Waals surface area contributed by atoms with Gasteiger partial charge in [0.05, 0.1) is 0 Å². The molecule has 0 bridgehead atoms. The third-order valence-corrected chi connectivity index (χ3v) is 0.903. The molecule has 0 saturated heterocycles. The minimum Gasteiger partial charge on any atom is -0.478 e. The number of hydrogen-bond donors (Lipinski definition) is 3. The average Bonchev–Trinajstić information content (AvgIpc) is 2.31. The van der Waals surface area contributed by atoms with Crippen LogP contribution in [-0.4, -0.2) is 26.3 Å². The van der Waals surface area contributed by atoms with Crippen molar-refractivity contribution >= 4 is 12.0 Å². The highest BCUT2D eigenvalue weighted by Crippen LogP contribution is 1.85. The van der Waals surface area contributed by atoms with Gasteiger partial charge in [-0.05, 0) is 6.08 Å². The molecule has 6 heteroatoms. The van der Waals surface area contributed by atoms with Crippen molar-refractivity contribution in [3.05, 3.63) is 22.4 Å². The lowest BCUT2D eigenvalue weighted by atomic mass is 10.5. The van der Waals surface area contributed by atoms with Gasteiger partial charge in [-0.25, -0.2) is 14.7 Å². The smallest absolute Gasteiger partial charge is 0.340 e. The largest absolute Gasteiger partial charge is 0.478 e. The van der Waals surface area contributed by atoms with Crippen molar-refractivity contribution in [3.63, 3.8) is 0 Å². The number of aromatic nitrogens is 3. The van der Waals surface area contributed by atoms with Gasteiger partial charge in [0.15, 0.2) is 5.82 Å². The fourth-order valence-electron chi connectivity index (χ4n) is 0.512. The van der Waals surface area contributed by atoms with E-state index in [2.05, 4.69) is 15.2 Å². The van der Waals surface area contributed by atoms with E-state index < -0.39 is 11.7 Å². The number of carbonyl (C=O) groups is 1. The first-order valence-electron chi connectivity index (χ1n) is 2.74. The van der Waals surface area contributed by atoms with Crippen LogP contribution in [0.15, 0.2) is 10.9 Å². The van der Waals surface area contributed by atoms with Gasteiger partial charge in [-0.2, -0.15) is 5.10 Å². The summed E-state index contributed by atoms with van der Waals surface area (Å²) in [6.07, 6.45) is 2.06. The molecule has 0 unspecified atom stereocenters. The summed E-state index contributed by atoms with van der Waals surface area (Å²) in [7, 11) is 0. The molecule has 0 radical (unpaired) electrons. The Bertz CT molecular complexity index is 335. The molecule has 0 aliphatic heterocycles. The number of carboxylic acids is 1. The van der Waals surface area contributed by atoms with E-state index in [0.29, 0.717) is 0 Å². The van der Waals surface area contributed by atoms with Gasteiger partial charge in [-0.15, -0.1) is 0 Å². The van der Waals surface area contributed by atoms with Crippen LogP contribution in [-0.2, 0) is 4.79 Å². The first-order valence-corrected chi connectivity index (χ1v) is 2.74. The van der Waals surface area contributed by atoms with Crippen molar-refractivity contribution in [1.29, 1.82) is 0 Å². The molecule has 0 saturated carbocycles. The van der Waals surface area contributed by atoms with Gasteiger partial charge in [0, 0.05) is 6.08 Å². The molecule has 0 spiro atoms. The zero-order chi connectivity index (χ0) is 8.27. The molecule has 58 valence electrons. The third kappa shape index (κ3) is 2.09. The molecule has 1 heterocycles. The van der Waals surface area contributed by atoms with E-state index >= 15 is 0 Å². The lowest BCUT2D eigenvalue weighted by Gasteiger charge is -1.77. The quantitative estimate of drug-likeness (QED) is 0.486. The SMILES string of the molecule is O=C(O)/C=C\c1n[nH]c(=O)[nH]1. The maximum absolute atomic E-state index is 10.4. The van der Waals surface area contributed by atoms with E-state index in [1.165, 1.54) is 6.08 Å². The molecule has 0 aliphatic carbocycles. The van der Waals surface area contributed by atoms with E-state index in [0.717, 1.165) is 6.08 Å². The van der Waals surface area contributed by atoms with Crippen molar-refractivity contribution in [3.8, 4) is 0 Å². The topological polar surface area (TPSA) is 98.8 Å². The molecule has 1 aromatic heterocycles. The second kappa shape index (κ2) is 2.82. The molecule has 0 amide bonds. The van der Waals surface area contributed by atoms with Crippen LogP contribution >= 0.6 is 0 Å². The summed E-state index contributed by atoms with van der Waals surface area (Å²) in [6.45, 7) is 0. The van der Waals surface area contributed by atoms with Crippen molar-refractivity contribution in [2.45, 2.75) is 0 Å². The van der Waals surface area contributed by atoms with Gasteiger partial charge in [-0.3, -0.25) is 4.98 Å². The molecular formula is C5H5N3O3. The second-order valence-electron chi connectivity index (χ2n) is 1.73. The Kier molecular flexibility index (Phi) is 1.86. The Morgan fingerprint density at radius 3 is 2.82 bits per heavy atom. The van der Waals surface area contributed by atoms with Crippen molar-refractivity contribution in [1.82, 2.24) is 15.2 Å². The molecular weight excluding hydrogens is 150 g/mol. The van der Waals surface area contributed by atoms with Crippen LogP contribution < -0.4 is 5.69 Å². The highest BCUT2D eigenvalue weighted by Gasteiger charge is 1.92. The number of nitrogens with zero attached hydrogens (tertiary/aromatic N) is 1. The minimum absolute atomic E-state index is 0.192. The van der Waals surface area contributed by atoms with E-state index in [1.54, 1.807) is 0 Å². The van der Waals surface area contributed by atoms with Gasteiger partial charge in [-0.1, -0.05) is 0 Å². The van der Waals surface area contributed by atoms with Crippen LogP contribution in [0.3, 0.4) is 0 Å². The van der Waals surface area contributed by atoms with Crippen molar-refractivity contribution in [2.75, 3.05) is 0 Å². The molecule has 6 nitrogen and oxygen atoms in total. The summed E-state index contributed by atoms with van der Waals surface area (Å²) < 4.78 is 0. The lowest BCUT2D eigenvalue weighted by molar-refractivity contribution is -0.131. The molecule has 0 aliphatic rings. The predicted molar refractivity (Wildman–Crippen MR) is 35.9 cm³/mol. The Hall–Kier alpha value is -1.85. The number of nitrogens with one attached hydrogen (secondary N) is 2. The van der Waals surface area contributed by atoms with Crippen LogP contribution in [0.2, 0.25) is 0 Å². The highest BCUT2D eigenvalue weighted by atomic mass is 16.4. The highest BCUT2D eigenvalue weighted by molar-refractivity contribution is 5.84. The maximum Gasteiger partial charge on any atom is 0.340 e. The van der Waals surface area contributed by atoms with Crippen LogP contribution in [0.4, 0.5) is 0 Å². The zero-order valence-electron chi connectivity index (χ0n) is 5.37. The van der Waals surface area contributed by atoms with Gasteiger partial charge in [0.1, 0.15) is 0 Å². The Labute approximate surface area is 60.6 Å². The first-order chi connectivity index (χ1) is 5.18. The fourth-order valence-corrected chi connectivity index (χ4v) is 0.512. The van der Waals surface area contributed by atoms with E-state index in [1.807, 2.05) is 0 Å². The summed E-state index contributed by atoms with van der Waals surface area (Å²) >= 11 is 0. The molecule has 0 fully saturated rings. The van der Waals surface area contributed by atoms with Gasteiger partial charge in [0.25, 0.3) is 0 Å². The van der Waals surface area contributed by atoms with Crippen molar-refractivity contribution < 1.29 is 9.90 Å². The molecule has 0 atom stereocenters. The number of hydrogen-bond acceptors (Lipinski definition) is 3. The van der Waals surface area contributed by atoms with Crippen LogP contribution in [0.25, 0.3) is 6.08 Å². The van der Waals surface area contributed by atoms with Gasteiger partial charge >= 0.3 is 11.7 Å². The number of H-pyrrole nitrogens is 2. The Balaban J connectivity index is 2.79. The number of carboxylic acid groups (broad SMARTS) is 1. The fraction of sp³-hybridized carbons (Fsp3) is 0. The second-order valence-corrected chi connectivity index (χ2v) is 1.73. The molecule has 3 N–H and O–H groups in total. The molecule has 1 aromatic rings. The van der Waals surface area contributed by atoms with Crippen molar-refractivity contribution in [2.24, 2.45) is 0 Å². The standard InChI is InChI=1S/C5H5N3O3/c9-4(10)2-1-3-6-5(11)8-7-3/h1-2H,(H,9,10)(H2,6,7,8,11)/b2-1-. The van der Waals surface area contributed by atoms with Gasteiger partial charge < -0.3 is 5.11 Å². The van der Waals surface area contributed by atoms with E-state index in [4.69, 9.17) is 5.11 Å². The lowest BCUT2D eigenvalue weighted by Crippen LogP contribution is -2.00. The Morgan fingerprint density at radius 1 is 1.64 bits per heavy atom. The first kappa shape index (κ1) is 7.26. The Morgan fingerprint density at radius 2 is 2.36 bits per heavy atom. The minimum atomic E-state index is -1.09. The maximum atomic E-state index is 10.4. The number of aliphatic carboxylic acids is 1. The monoisotopic (exact) mass is 155 g/mol. The van der Waals surface area contributed by atoms with E-state index in [-0.39, 0.29) is 5.82 Å². The zero-order valence-corrected chi connectivity index (χ0v) is 5.37. The van der Waals surface area contributed by atoms with Crippen LogP contribution in [0.1, 0.15) is 5.82 Å². The van der Waals surface area contributed by atoms with Gasteiger partial charge in [0.2, 0.25) is 0 Å². The molecule has 1 rings (SSSR count). The summed E-state index contributed by atoms with van der Waals surface area (Å²) in [5.74, 6) is -0.897. The number of aromatic amines is 2. The summed E-state index contributed by atoms with van der Waals surface area (Å²) in [5.41, 5.74) is -0.463. The summed E-state index contributed by atoms with van der Waals surface area (Å²) in [5, 5.41) is 13.7. The number of rotatable bonds is 2. The molecule has 11 heavy (non-hydrogen) atoms. The normalized spacial score (nSPS) is 10.5. The van der Waals surface area contributed by atoms with Crippen LogP contribution in [0.5, 0.6) is 0 Å². The summed E-state index contributed by atoms with van der Waals surface area (Å²) in [4.78, 5) is 22.6. The van der Waals surface area contributed by atoms with E-state index in [9.17, 15) is 9.59 Å². The summed E-state index contributed by atoms with van der Waals surface area (Å²) in [6, 6.07) is 0. The average molecular weight is 155 g/mol. The third-order valence-electron chi connectivity index (χ3n) is 0.903. The molecule has 0 aromatic carbocycles. The predicted octanol–water partition coefficient (Wildman–Crippen LogP) is -0.804. The van der Waals surface area contributed by atoms with Crippen LogP contribution in [0, 0.1) is 0 Å².